The third-order valence-electron chi connectivity index (χ3n) is 3.89. The Bertz CT molecular complexity index is 671. The van der Waals surface area contributed by atoms with Crippen LogP contribution in [0.5, 0.6) is 0 Å². The second-order valence-corrected chi connectivity index (χ2v) is 6.19. The highest BCUT2D eigenvalue weighted by Crippen LogP contribution is 2.45. The van der Waals surface area contributed by atoms with Crippen molar-refractivity contribution in [1.29, 1.82) is 0 Å². The van der Waals surface area contributed by atoms with Gasteiger partial charge in [-0.3, -0.25) is 0 Å². The van der Waals surface area contributed by atoms with Crippen molar-refractivity contribution in [3.05, 3.63) is 108 Å². The molecule has 0 aliphatic heterocycles. The van der Waals surface area contributed by atoms with Gasteiger partial charge in [0.25, 0.3) is 0 Å². The van der Waals surface area contributed by atoms with Gasteiger partial charge >= 0.3 is 0 Å². The molecule has 0 radical (unpaired) electrons. The molecule has 1 atom stereocenters. The first-order valence-corrected chi connectivity index (χ1v) is 8.17. The predicted molar refractivity (Wildman–Crippen MR) is 94.0 cm³/mol. The zero-order chi connectivity index (χ0) is 15.4. The van der Waals surface area contributed by atoms with Crippen molar-refractivity contribution >= 4 is 15.9 Å². The average Bonchev–Trinajstić information content (AvgIpc) is 2.62. The fraction of sp³-hybridized carbons (Fsp3) is 0.100. The van der Waals surface area contributed by atoms with Crippen LogP contribution in [0, 0.1) is 0 Å². The Hall–Kier alpha value is -1.90. The summed E-state index contributed by atoms with van der Waals surface area (Å²) in [6.45, 7) is 0. The van der Waals surface area contributed by atoms with E-state index in [4.69, 9.17) is 0 Å². The lowest BCUT2D eigenvalue weighted by Crippen LogP contribution is -2.32. The first-order valence-electron chi connectivity index (χ1n) is 7.25. The summed E-state index contributed by atoms with van der Waals surface area (Å²) >= 11 is 3.73. The van der Waals surface area contributed by atoms with Gasteiger partial charge in [-0.25, -0.2) is 0 Å². The Morgan fingerprint density at radius 3 is 1.41 bits per heavy atom. The van der Waals surface area contributed by atoms with Crippen molar-refractivity contribution in [2.75, 3.05) is 0 Å². The monoisotopic (exact) mass is 352 g/mol. The molecule has 0 aliphatic carbocycles. The van der Waals surface area contributed by atoms with Crippen molar-refractivity contribution in [2.24, 2.45) is 0 Å². The number of benzene rings is 3. The van der Waals surface area contributed by atoms with Crippen LogP contribution in [0.4, 0.5) is 0 Å². The molecule has 2 heteroatoms. The van der Waals surface area contributed by atoms with Crippen LogP contribution < -0.4 is 0 Å². The SMILES string of the molecule is OC(c1ccccc1)(c1ccccc1)[C@@H](Br)c1ccccc1. The minimum absolute atomic E-state index is 0.244. The lowest BCUT2D eigenvalue weighted by molar-refractivity contribution is 0.0798. The highest BCUT2D eigenvalue weighted by atomic mass is 79.9. The first-order chi connectivity index (χ1) is 10.7. The Morgan fingerprint density at radius 2 is 1.00 bits per heavy atom. The van der Waals surface area contributed by atoms with E-state index in [1.165, 1.54) is 0 Å². The van der Waals surface area contributed by atoms with E-state index in [-0.39, 0.29) is 4.83 Å². The molecular formula is C20H17BrO. The average molecular weight is 353 g/mol. The highest BCUT2D eigenvalue weighted by molar-refractivity contribution is 9.09. The Labute approximate surface area is 139 Å². The molecule has 0 unspecified atom stereocenters. The van der Waals surface area contributed by atoms with Crippen molar-refractivity contribution < 1.29 is 5.11 Å². The van der Waals surface area contributed by atoms with Gasteiger partial charge in [-0.2, -0.15) is 0 Å². The summed E-state index contributed by atoms with van der Waals surface area (Å²) in [5.41, 5.74) is 1.64. The number of hydrogen-bond acceptors (Lipinski definition) is 1. The van der Waals surface area contributed by atoms with E-state index in [9.17, 15) is 5.11 Å². The third kappa shape index (κ3) is 2.72. The Kier molecular flexibility index (Phi) is 4.41. The maximum atomic E-state index is 11.6. The van der Waals surface area contributed by atoms with Gasteiger partial charge < -0.3 is 5.11 Å². The van der Waals surface area contributed by atoms with Gasteiger partial charge in [0.1, 0.15) is 5.60 Å². The van der Waals surface area contributed by atoms with E-state index in [1.54, 1.807) is 0 Å². The van der Waals surface area contributed by atoms with Crippen molar-refractivity contribution in [3.8, 4) is 0 Å². The smallest absolute Gasteiger partial charge is 0.131 e. The van der Waals surface area contributed by atoms with Crippen LogP contribution in [0.2, 0.25) is 0 Å². The molecule has 0 heterocycles. The first kappa shape index (κ1) is 15.0. The topological polar surface area (TPSA) is 20.2 Å². The van der Waals surface area contributed by atoms with Gasteiger partial charge in [0.15, 0.2) is 0 Å². The number of aliphatic hydroxyl groups is 1. The molecule has 1 N–H and O–H groups in total. The fourth-order valence-electron chi connectivity index (χ4n) is 2.71. The molecule has 0 bridgehead atoms. The zero-order valence-corrected chi connectivity index (χ0v) is 13.6. The standard InChI is InChI=1S/C20H17BrO/c21-19(16-10-4-1-5-11-16)20(22,17-12-6-2-7-13-17)18-14-8-3-9-15-18/h1-15,19,22H/t19-/m0/s1. The predicted octanol–water partition coefficient (Wildman–Crippen LogP) is 5.06. The van der Waals surface area contributed by atoms with Crippen LogP contribution in [0.15, 0.2) is 91.0 Å². The van der Waals surface area contributed by atoms with Gasteiger partial charge in [-0.1, -0.05) is 107 Å². The van der Waals surface area contributed by atoms with Gasteiger partial charge in [0.2, 0.25) is 0 Å². The van der Waals surface area contributed by atoms with Gasteiger partial charge in [0, 0.05) is 0 Å². The molecule has 1 nitrogen and oxygen atoms in total. The number of halogens is 1. The fourth-order valence-corrected chi connectivity index (χ4v) is 3.54. The van der Waals surface area contributed by atoms with Gasteiger partial charge in [0.05, 0.1) is 4.83 Å². The van der Waals surface area contributed by atoms with Crippen LogP contribution in [0.25, 0.3) is 0 Å². The molecule has 0 saturated heterocycles. The molecule has 22 heavy (non-hydrogen) atoms. The molecule has 3 rings (SSSR count). The second-order valence-electron chi connectivity index (χ2n) is 5.27. The van der Waals surface area contributed by atoms with Crippen molar-refractivity contribution in [1.82, 2.24) is 0 Å². The molecule has 110 valence electrons. The summed E-state index contributed by atoms with van der Waals surface area (Å²) in [7, 11) is 0. The highest BCUT2D eigenvalue weighted by Gasteiger charge is 2.39. The summed E-state index contributed by atoms with van der Waals surface area (Å²) in [6.07, 6.45) is 0. The van der Waals surface area contributed by atoms with Crippen LogP contribution in [0.3, 0.4) is 0 Å². The summed E-state index contributed by atoms with van der Waals surface area (Å²) in [4.78, 5) is -0.244. The van der Waals surface area contributed by atoms with Crippen molar-refractivity contribution in [3.63, 3.8) is 0 Å². The molecule has 0 saturated carbocycles. The van der Waals surface area contributed by atoms with Crippen molar-refractivity contribution in [2.45, 2.75) is 10.4 Å². The Morgan fingerprint density at radius 1 is 0.636 bits per heavy atom. The summed E-state index contributed by atoms with van der Waals surface area (Å²) in [5.74, 6) is 0. The van der Waals surface area contributed by atoms with Gasteiger partial charge in [-0.15, -0.1) is 0 Å². The van der Waals surface area contributed by atoms with E-state index < -0.39 is 5.60 Å². The van der Waals surface area contributed by atoms with Crippen LogP contribution >= 0.6 is 15.9 Å². The third-order valence-corrected chi connectivity index (χ3v) is 5.08. The Balaban J connectivity index is 2.16. The zero-order valence-electron chi connectivity index (χ0n) is 12.1. The molecule has 0 aliphatic rings. The number of hydrogen-bond donors (Lipinski definition) is 1. The summed E-state index contributed by atoms with van der Waals surface area (Å²) in [5, 5.41) is 11.6. The van der Waals surface area contributed by atoms with E-state index in [1.807, 2.05) is 91.0 Å². The molecule has 3 aromatic carbocycles. The molecule has 0 amide bonds. The molecule has 0 spiro atoms. The number of alkyl halides is 1. The van der Waals surface area contributed by atoms with E-state index in [0.29, 0.717) is 0 Å². The van der Waals surface area contributed by atoms with Crippen LogP contribution in [-0.4, -0.2) is 5.11 Å². The minimum Gasteiger partial charge on any atom is -0.379 e. The maximum absolute atomic E-state index is 11.6. The molecule has 3 aromatic rings. The minimum atomic E-state index is -1.14. The largest absolute Gasteiger partial charge is 0.379 e. The molecular weight excluding hydrogens is 336 g/mol. The summed E-state index contributed by atoms with van der Waals surface area (Å²) in [6, 6.07) is 29.6. The second kappa shape index (κ2) is 6.47. The van der Waals surface area contributed by atoms with Gasteiger partial charge in [-0.05, 0) is 16.7 Å². The lowest BCUT2D eigenvalue weighted by Gasteiger charge is -2.34. The summed E-state index contributed by atoms with van der Waals surface area (Å²) < 4.78 is 0. The van der Waals surface area contributed by atoms with E-state index in [0.717, 1.165) is 16.7 Å². The van der Waals surface area contributed by atoms with E-state index in [2.05, 4.69) is 15.9 Å². The van der Waals surface area contributed by atoms with Crippen LogP contribution in [-0.2, 0) is 5.60 Å². The molecule has 0 fully saturated rings. The number of rotatable bonds is 4. The maximum Gasteiger partial charge on any atom is 0.131 e. The van der Waals surface area contributed by atoms with E-state index >= 15 is 0 Å². The van der Waals surface area contributed by atoms with Crippen LogP contribution in [0.1, 0.15) is 21.5 Å². The quantitative estimate of drug-likeness (QED) is 0.650. The lowest BCUT2D eigenvalue weighted by atomic mass is 9.81. The molecule has 0 aromatic heterocycles. The normalized spacial score (nSPS) is 12.8.